The number of rotatable bonds is 5. The van der Waals surface area contributed by atoms with Gasteiger partial charge in [-0.15, -0.1) is 11.8 Å². The summed E-state index contributed by atoms with van der Waals surface area (Å²) >= 11 is 5.32. The molecular weight excluding hydrogens is 320 g/mol. The molecule has 0 radical (unpaired) electrons. The minimum Gasteiger partial charge on any atom is -0.392 e. The summed E-state index contributed by atoms with van der Waals surface area (Å²) in [5.74, 6) is 2.22. The van der Waals surface area contributed by atoms with E-state index in [2.05, 4.69) is 35.0 Å². The molecule has 1 aromatic carbocycles. The molecule has 3 heteroatoms. The van der Waals surface area contributed by atoms with Gasteiger partial charge in [-0.2, -0.15) is 0 Å². The van der Waals surface area contributed by atoms with Crippen LogP contribution in [0.5, 0.6) is 0 Å². The van der Waals surface area contributed by atoms with Crippen molar-refractivity contribution < 1.29 is 5.11 Å². The van der Waals surface area contributed by atoms with E-state index in [-0.39, 0.29) is 6.10 Å². The number of hydrogen-bond donors (Lipinski definition) is 1. The maximum absolute atomic E-state index is 10.3. The molecule has 1 atom stereocenters. The van der Waals surface area contributed by atoms with Gasteiger partial charge in [-0.05, 0) is 52.7 Å². The molecule has 2 rings (SSSR count). The topological polar surface area (TPSA) is 20.2 Å². The molecule has 19 heavy (non-hydrogen) atoms. The highest BCUT2D eigenvalue weighted by atomic mass is 79.9. The van der Waals surface area contributed by atoms with Gasteiger partial charge in [-0.3, -0.25) is 0 Å². The van der Waals surface area contributed by atoms with E-state index < -0.39 is 0 Å². The molecule has 1 fully saturated rings. The van der Waals surface area contributed by atoms with Gasteiger partial charge in [0.2, 0.25) is 0 Å². The Balaban J connectivity index is 1.79. The Morgan fingerprint density at radius 2 is 1.95 bits per heavy atom. The lowest BCUT2D eigenvalue weighted by atomic mass is 9.79. The Morgan fingerprint density at radius 3 is 2.58 bits per heavy atom. The molecular formula is C16H23BrOS. The van der Waals surface area contributed by atoms with Gasteiger partial charge in [-0.1, -0.05) is 38.3 Å². The number of benzene rings is 1. The van der Waals surface area contributed by atoms with Crippen molar-refractivity contribution in [2.24, 2.45) is 11.8 Å². The van der Waals surface area contributed by atoms with Crippen LogP contribution < -0.4 is 0 Å². The van der Waals surface area contributed by atoms with E-state index in [0.29, 0.717) is 5.92 Å². The van der Waals surface area contributed by atoms with Crippen molar-refractivity contribution in [1.82, 2.24) is 0 Å². The Morgan fingerprint density at radius 1 is 1.26 bits per heavy atom. The highest BCUT2D eigenvalue weighted by molar-refractivity contribution is 9.10. The molecule has 1 unspecified atom stereocenters. The van der Waals surface area contributed by atoms with E-state index in [4.69, 9.17) is 0 Å². The molecule has 0 spiro atoms. The quantitative estimate of drug-likeness (QED) is 0.749. The molecule has 1 nitrogen and oxygen atoms in total. The van der Waals surface area contributed by atoms with Crippen LogP contribution in [0.4, 0.5) is 0 Å². The van der Waals surface area contributed by atoms with E-state index in [1.165, 1.54) is 37.0 Å². The second-order valence-electron chi connectivity index (χ2n) is 5.50. The molecule has 0 heterocycles. The fourth-order valence-corrected chi connectivity index (χ4v) is 4.49. The fourth-order valence-electron chi connectivity index (χ4n) is 2.85. The number of halogens is 1. The number of hydrogen-bond acceptors (Lipinski definition) is 2. The van der Waals surface area contributed by atoms with Gasteiger partial charge in [0.25, 0.3) is 0 Å². The van der Waals surface area contributed by atoms with Crippen LogP contribution in [-0.4, -0.2) is 17.0 Å². The molecule has 0 bridgehead atoms. The number of thioether (sulfide) groups is 1. The smallest absolute Gasteiger partial charge is 0.0662 e. The largest absolute Gasteiger partial charge is 0.392 e. The average molecular weight is 343 g/mol. The third kappa shape index (κ3) is 4.51. The zero-order valence-electron chi connectivity index (χ0n) is 11.5. The van der Waals surface area contributed by atoms with Crippen LogP contribution in [0, 0.1) is 11.8 Å². The first-order chi connectivity index (χ1) is 9.20. The van der Waals surface area contributed by atoms with Crippen molar-refractivity contribution in [3.63, 3.8) is 0 Å². The Kier molecular flexibility index (Phi) is 6.24. The van der Waals surface area contributed by atoms with Gasteiger partial charge in [0.05, 0.1) is 6.10 Å². The fraction of sp³-hybridized carbons (Fsp3) is 0.625. The van der Waals surface area contributed by atoms with E-state index in [9.17, 15) is 5.11 Å². The van der Waals surface area contributed by atoms with Crippen molar-refractivity contribution in [3.05, 3.63) is 28.7 Å². The standard InChI is InChI=1S/C16H23BrOS/c1-2-12-7-9-13(10-8-12)15(18)11-19-16-6-4-3-5-14(16)17/h3-6,12-13,15,18H,2,7-11H2,1H3. The predicted octanol–water partition coefficient (Wildman–Crippen LogP) is 5.12. The van der Waals surface area contributed by atoms with Crippen LogP contribution in [0.15, 0.2) is 33.6 Å². The van der Waals surface area contributed by atoms with E-state index >= 15 is 0 Å². The highest BCUT2D eigenvalue weighted by Crippen LogP contribution is 2.35. The average Bonchev–Trinajstić information content (AvgIpc) is 2.46. The van der Waals surface area contributed by atoms with Crippen LogP contribution in [0.25, 0.3) is 0 Å². The van der Waals surface area contributed by atoms with Gasteiger partial charge in [0, 0.05) is 15.1 Å². The second-order valence-corrected chi connectivity index (χ2v) is 7.41. The third-order valence-corrected chi connectivity index (χ3v) is 6.39. The Hall–Kier alpha value is 0.01000. The molecule has 1 saturated carbocycles. The monoisotopic (exact) mass is 342 g/mol. The minimum absolute atomic E-state index is 0.157. The molecule has 106 valence electrons. The van der Waals surface area contributed by atoms with Gasteiger partial charge < -0.3 is 5.11 Å². The summed E-state index contributed by atoms with van der Waals surface area (Å²) in [7, 11) is 0. The molecule has 1 aliphatic rings. The summed E-state index contributed by atoms with van der Waals surface area (Å²) in [5, 5.41) is 10.3. The summed E-state index contributed by atoms with van der Waals surface area (Å²) in [6.07, 6.45) is 6.16. The maximum Gasteiger partial charge on any atom is 0.0662 e. The second kappa shape index (κ2) is 7.70. The molecule has 0 aliphatic heterocycles. The predicted molar refractivity (Wildman–Crippen MR) is 86.6 cm³/mol. The molecule has 0 aromatic heterocycles. The van der Waals surface area contributed by atoms with Gasteiger partial charge in [0.15, 0.2) is 0 Å². The SMILES string of the molecule is CCC1CCC(C(O)CSc2ccccc2Br)CC1. The Bertz CT molecular complexity index is 388. The Labute approximate surface area is 129 Å². The lowest BCUT2D eigenvalue weighted by molar-refractivity contribution is 0.0916. The minimum atomic E-state index is -0.157. The van der Waals surface area contributed by atoms with Gasteiger partial charge in [0.1, 0.15) is 0 Å². The summed E-state index contributed by atoms with van der Waals surface area (Å²) in [6.45, 7) is 2.28. The molecule has 0 amide bonds. The summed E-state index contributed by atoms with van der Waals surface area (Å²) in [6, 6.07) is 8.24. The zero-order valence-corrected chi connectivity index (χ0v) is 13.9. The highest BCUT2D eigenvalue weighted by Gasteiger charge is 2.25. The van der Waals surface area contributed by atoms with Crippen LogP contribution >= 0.6 is 27.7 Å². The maximum atomic E-state index is 10.3. The molecule has 0 saturated heterocycles. The first-order valence-electron chi connectivity index (χ1n) is 7.26. The molecule has 1 aliphatic carbocycles. The van der Waals surface area contributed by atoms with Crippen LogP contribution in [0.2, 0.25) is 0 Å². The first kappa shape index (κ1) is 15.4. The number of aliphatic hydroxyl groups excluding tert-OH is 1. The van der Waals surface area contributed by atoms with Crippen molar-refractivity contribution in [3.8, 4) is 0 Å². The normalized spacial score (nSPS) is 25.2. The van der Waals surface area contributed by atoms with Crippen molar-refractivity contribution in [2.75, 3.05) is 5.75 Å². The van der Waals surface area contributed by atoms with Crippen LogP contribution in [-0.2, 0) is 0 Å². The summed E-state index contributed by atoms with van der Waals surface area (Å²) in [5.41, 5.74) is 0. The van der Waals surface area contributed by atoms with Gasteiger partial charge in [-0.25, -0.2) is 0 Å². The third-order valence-electron chi connectivity index (χ3n) is 4.26. The molecule has 1 aromatic rings. The van der Waals surface area contributed by atoms with Crippen molar-refractivity contribution in [1.29, 1.82) is 0 Å². The number of aliphatic hydroxyl groups is 1. The zero-order chi connectivity index (χ0) is 13.7. The van der Waals surface area contributed by atoms with Crippen LogP contribution in [0.1, 0.15) is 39.0 Å². The van der Waals surface area contributed by atoms with Crippen molar-refractivity contribution in [2.45, 2.75) is 50.0 Å². The summed E-state index contributed by atoms with van der Waals surface area (Å²) < 4.78 is 1.13. The first-order valence-corrected chi connectivity index (χ1v) is 9.04. The van der Waals surface area contributed by atoms with E-state index in [1.807, 2.05) is 12.1 Å². The summed E-state index contributed by atoms with van der Waals surface area (Å²) in [4.78, 5) is 1.23. The van der Waals surface area contributed by atoms with Gasteiger partial charge >= 0.3 is 0 Å². The van der Waals surface area contributed by atoms with Crippen LogP contribution in [0.3, 0.4) is 0 Å². The molecule has 1 N–H and O–H groups in total. The van der Waals surface area contributed by atoms with Crippen molar-refractivity contribution >= 4 is 27.7 Å². The lowest BCUT2D eigenvalue weighted by Gasteiger charge is -2.30. The lowest BCUT2D eigenvalue weighted by Crippen LogP contribution is -2.27. The van der Waals surface area contributed by atoms with E-state index in [1.54, 1.807) is 11.8 Å². The van der Waals surface area contributed by atoms with E-state index in [0.717, 1.165) is 16.1 Å².